The molecule has 0 saturated carbocycles. The molecule has 8 heteroatoms. The maximum Gasteiger partial charge on any atom is 0.166 e. The van der Waals surface area contributed by atoms with Crippen LogP contribution in [-0.4, -0.2) is 41.8 Å². The highest BCUT2D eigenvalue weighted by Gasteiger charge is 1.92. The lowest BCUT2D eigenvalue weighted by Crippen LogP contribution is -1.85. The summed E-state index contributed by atoms with van der Waals surface area (Å²) in [5.74, 6) is 0. The fourth-order valence-corrected chi connectivity index (χ4v) is 1.87. The highest BCUT2D eigenvalue weighted by atomic mass is 128. The molecule has 0 unspecified atom stereocenters. The van der Waals surface area contributed by atoms with Gasteiger partial charge < -0.3 is 18.1 Å². The third-order valence-electron chi connectivity index (χ3n) is 3.12. The lowest BCUT2D eigenvalue weighted by molar-refractivity contribution is 0.345. The number of hydrogen-bond donors (Lipinski definition) is 0. The normalized spacial score (nSPS) is 9.41. The maximum atomic E-state index is 4.74. The van der Waals surface area contributed by atoms with Crippen molar-refractivity contribution in [2.24, 2.45) is 0 Å². The molecule has 0 aromatic heterocycles. The zero-order chi connectivity index (χ0) is 20.9. The van der Waals surface area contributed by atoms with Crippen molar-refractivity contribution in [2.75, 3.05) is 41.8 Å². The first kappa shape index (κ1) is 29.8. The summed E-state index contributed by atoms with van der Waals surface area (Å²) in [6, 6.07) is 21.1. The zero-order valence-corrected chi connectivity index (χ0v) is 22.9. The Balaban J connectivity index is 0. The van der Waals surface area contributed by atoms with Crippen LogP contribution in [0.3, 0.4) is 0 Å². The molecule has 4 nitrogen and oxygen atoms in total. The predicted molar refractivity (Wildman–Crippen MR) is 137 cm³/mol. The molecule has 0 N–H and O–H groups in total. The Bertz CT molecular complexity index is 466. The first-order valence-corrected chi connectivity index (χ1v) is 17.5. The molecule has 0 aliphatic heterocycles. The highest BCUT2D eigenvalue weighted by molar-refractivity contribution is 15.0. The average Bonchev–Trinajstić information content (AvgIpc) is 2.76. The number of hydrogen-bond acceptors (Lipinski definition) is 4. The Morgan fingerprint density at radius 2 is 0.852 bits per heavy atom. The molecule has 0 bridgehead atoms. The van der Waals surface area contributed by atoms with Crippen LogP contribution in [0.25, 0.3) is 0 Å². The van der Waals surface area contributed by atoms with Crippen molar-refractivity contribution in [3.63, 3.8) is 0 Å². The van der Waals surface area contributed by atoms with Gasteiger partial charge in [0.05, 0.1) is 0 Å². The van der Waals surface area contributed by atoms with Crippen LogP contribution in [0.5, 0.6) is 0 Å². The van der Waals surface area contributed by atoms with Crippen molar-refractivity contribution in [1.82, 2.24) is 0 Å². The van der Waals surface area contributed by atoms with E-state index >= 15 is 0 Å². The van der Waals surface area contributed by atoms with Crippen molar-refractivity contribution in [2.45, 2.75) is 6.42 Å². The SMILES string of the molecule is COP(C)OC.COP(C)OC.II.c1ccc(Cc2ccccc2)cc1. The fourth-order valence-electron chi connectivity index (χ4n) is 1.58. The van der Waals surface area contributed by atoms with Crippen molar-refractivity contribution in [3.05, 3.63) is 71.8 Å². The molecule has 0 fully saturated rings. The summed E-state index contributed by atoms with van der Waals surface area (Å²) >= 11 is 4.24. The van der Waals surface area contributed by atoms with Crippen LogP contribution < -0.4 is 0 Å². The monoisotopic (exact) mass is 638 g/mol. The first-order valence-electron chi connectivity index (χ1n) is 7.93. The first-order chi connectivity index (χ1) is 13.1. The van der Waals surface area contributed by atoms with Crippen LogP contribution in [0.15, 0.2) is 60.7 Å². The van der Waals surface area contributed by atoms with Gasteiger partial charge in [0.2, 0.25) is 0 Å². The van der Waals surface area contributed by atoms with E-state index in [0.29, 0.717) is 0 Å². The maximum absolute atomic E-state index is 4.74. The molecule has 27 heavy (non-hydrogen) atoms. The summed E-state index contributed by atoms with van der Waals surface area (Å²) in [5, 5.41) is 0. The van der Waals surface area contributed by atoms with Crippen molar-refractivity contribution < 1.29 is 18.1 Å². The van der Waals surface area contributed by atoms with E-state index in [9.17, 15) is 0 Å². The zero-order valence-electron chi connectivity index (χ0n) is 16.8. The minimum absolute atomic E-state index is 0.576. The van der Waals surface area contributed by atoms with Crippen molar-refractivity contribution >= 4 is 54.0 Å². The molecular formula is C19H30I2O4P2. The minimum atomic E-state index is -0.576. The van der Waals surface area contributed by atoms with Gasteiger partial charge in [-0.2, -0.15) is 0 Å². The van der Waals surface area contributed by atoms with Gasteiger partial charge in [-0.05, 0) is 17.5 Å². The Morgan fingerprint density at radius 1 is 0.593 bits per heavy atom. The molecule has 2 aromatic carbocycles. The second-order valence-electron chi connectivity index (χ2n) is 4.76. The molecule has 2 rings (SSSR count). The van der Waals surface area contributed by atoms with E-state index in [-0.39, 0.29) is 0 Å². The molecule has 154 valence electrons. The summed E-state index contributed by atoms with van der Waals surface area (Å²) in [6.07, 6.45) is 1.03. The molecule has 0 amide bonds. The van der Waals surface area contributed by atoms with Crippen LogP contribution in [0, 0.1) is 0 Å². The van der Waals surface area contributed by atoms with E-state index in [2.05, 4.69) is 97.9 Å². The molecule has 0 atom stereocenters. The number of halogens is 2. The van der Waals surface area contributed by atoms with Crippen molar-refractivity contribution in [3.8, 4) is 0 Å². The largest absolute Gasteiger partial charge is 0.338 e. The molecule has 0 aliphatic rings. The number of rotatable bonds is 6. The Hall–Kier alpha value is 0.600. The lowest BCUT2D eigenvalue weighted by Gasteiger charge is -2.01. The van der Waals surface area contributed by atoms with Gasteiger partial charge >= 0.3 is 0 Å². The smallest absolute Gasteiger partial charge is 0.166 e. The minimum Gasteiger partial charge on any atom is -0.338 e. The number of benzene rings is 2. The van der Waals surface area contributed by atoms with Gasteiger partial charge in [-0.3, -0.25) is 0 Å². The van der Waals surface area contributed by atoms with Gasteiger partial charge in [0.15, 0.2) is 16.8 Å². The summed E-state index contributed by atoms with van der Waals surface area (Å²) in [7, 11) is 5.38. The van der Waals surface area contributed by atoms with E-state index in [1.165, 1.54) is 11.1 Å². The Morgan fingerprint density at radius 3 is 1.04 bits per heavy atom. The van der Waals surface area contributed by atoms with Crippen molar-refractivity contribution in [1.29, 1.82) is 0 Å². The molecule has 0 heterocycles. The Kier molecular flexibility index (Phi) is 25.3. The second-order valence-corrected chi connectivity index (χ2v) is 7.98. The predicted octanol–water partition coefficient (Wildman–Crippen LogP) is 7.49. The van der Waals surface area contributed by atoms with Crippen LogP contribution in [0.2, 0.25) is 0 Å². The van der Waals surface area contributed by atoms with Crippen LogP contribution >= 0.6 is 54.0 Å². The van der Waals surface area contributed by atoms with Gasteiger partial charge in [0, 0.05) is 79.0 Å². The standard InChI is InChI=1S/C13H12.2C3H9O2P.I2/c1-3-7-12(8-4-1)11-13-9-5-2-6-10-13;2*1-4-6(3)5-2;1-2/h1-10H,11H2;2*1-3H3;. The van der Waals surface area contributed by atoms with Crippen LogP contribution in [0.4, 0.5) is 0 Å². The Labute approximate surface area is 190 Å². The molecule has 2 aromatic rings. The molecule has 0 spiro atoms. The third kappa shape index (κ3) is 19.7. The van der Waals surface area contributed by atoms with Gasteiger partial charge in [0.1, 0.15) is 0 Å². The molecule has 0 radical (unpaired) electrons. The lowest BCUT2D eigenvalue weighted by atomic mass is 10.1. The van der Waals surface area contributed by atoms with E-state index < -0.39 is 16.8 Å². The summed E-state index contributed by atoms with van der Waals surface area (Å²) < 4.78 is 19.0. The topological polar surface area (TPSA) is 36.9 Å². The van der Waals surface area contributed by atoms with E-state index in [0.717, 1.165) is 6.42 Å². The molecule has 0 aliphatic carbocycles. The highest BCUT2D eigenvalue weighted by Crippen LogP contribution is 2.29. The second kappa shape index (κ2) is 22.9. The van der Waals surface area contributed by atoms with Crippen LogP contribution in [0.1, 0.15) is 11.1 Å². The van der Waals surface area contributed by atoms with E-state index in [4.69, 9.17) is 18.1 Å². The van der Waals surface area contributed by atoms with E-state index in [1.807, 2.05) is 13.3 Å². The third-order valence-corrected chi connectivity index (χ3v) is 5.18. The van der Waals surface area contributed by atoms with Gasteiger partial charge in [-0.15, -0.1) is 0 Å². The van der Waals surface area contributed by atoms with Gasteiger partial charge in [0.25, 0.3) is 0 Å². The van der Waals surface area contributed by atoms with E-state index in [1.54, 1.807) is 28.4 Å². The average molecular weight is 638 g/mol. The fraction of sp³-hybridized carbons (Fsp3) is 0.368. The van der Waals surface area contributed by atoms with Gasteiger partial charge in [-0.25, -0.2) is 0 Å². The molecule has 0 saturated heterocycles. The quantitative estimate of drug-likeness (QED) is 0.243. The summed E-state index contributed by atoms with van der Waals surface area (Å²) in [5.41, 5.74) is 2.74. The van der Waals surface area contributed by atoms with Crippen LogP contribution in [-0.2, 0) is 24.5 Å². The van der Waals surface area contributed by atoms with Gasteiger partial charge in [-0.1, -0.05) is 60.7 Å². The molecular weight excluding hydrogens is 608 g/mol. The summed E-state index contributed by atoms with van der Waals surface area (Å²) in [6.45, 7) is 3.80. The summed E-state index contributed by atoms with van der Waals surface area (Å²) in [4.78, 5) is 0.